The molecular weight excluding hydrogens is 453 g/mol. The number of fused-ring (bicyclic) bond motifs is 5. The van der Waals surface area contributed by atoms with Crippen LogP contribution >= 0.6 is 11.6 Å². The lowest BCUT2D eigenvalue weighted by Crippen LogP contribution is -2.40. The van der Waals surface area contributed by atoms with Gasteiger partial charge in [-0.25, -0.2) is 13.9 Å². The van der Waals surface area contributed by atoms with Gasteiger partial charge in [0.25, 0.3) is 5.91 Å². The number of carbonyl (C=O) groups excluding carboxylic acids is 1. The maximum atomic E-state index is 14.3. The molecule has 3 atom stereocenters. The molecule has 2 bridgehead atoms. The lowest BCUT2D eigenvalue weighted by Gasteiger charge is -2.36. The summed E-state index contributed by atoms with van der Waals surface area (Å²) in [4.78, 5) is 22.6. The number of rotatable bonds is 3. The number of amides is 1. The van der Waals surface area contributed by atoms with E-state index in [1.54, 1.807) is 21.5 Å². The maximum absolute atomic E-state index is 14.3. The number of benzene rings is 1. The van der Waals surface area contributed by atoms with E-state index in [4.69, 9.17) is 16.7 Å². The second kappa shape index (κ2) is 8.02. The Morgan fingerprint density at radius 3 is 2.65 bits per heavy atom. The molecule has 0 aliphatic carbocycles. The third-order valence-corrected chi connectivity index (χ3v) is 8.79. The zero-order valence-electron chi connectivity index (χ0n) is 19.8. The first-order valence-corrected chi connectivity index (χ1v) is 12.5. The summed E-state index contributed by atoms with van der Waals surface area (Å²) in [5.41, 5.74) is 5.61. The van der Waals surface area contributed by atoms with E-state index in [0.29, 0.717) is 41.7 Å². The van der Waals surface area contributed by atoms with Gasteiger partial charge in [0.2, 0.25) is 0 Å². The van der Waals surface area contributed by atoms with Crippen LogP contribution in [0.5, 0.6) is 0 Å². The molecule has 6 rings (SSSR count). The quantitative estimate of drug-likeness (QED) is 0.543. The Morgan fingerprint density at radius 2 is 1.91 bits per heavy atom. The van der Waals surface area contributed by atoms with Gasteiger partial charge in [-0.05, 0) is 82.7 Å². The number of piperidine rings is 1. The van der Waals surface area contributed by atoms with Gasteiger partial charge in [0.1, 0.15) is 5.82 Å². The number of aromatic nitrogens is 3. The molecule has 1 amide bonds. The summed E-state index contributed by atoms with van der Waals surface area (Å²) in [6.07, 6.45) is 5.49. The van der Waals surface area contributed by atoms with E-state index in [9.17, 15) is 9.18 Å². The van der Waals surface area contributed by atoms with E-state index in [-0.39, 0.29) is 11.7 Å². The molecule has 3 aliphatic heterocycles. The first-order valence-electron chi connectivity index (χ1n) is 12.1. The fourth-order valence-corrected chi connectivity index (χ4v) is 6.49. The molecule has 3 aliphatic rings. The van der Waals surface area contributed by atoms with Crippen molar-refractivity contribution in [2.45, 2.75) is 71.1 Å². The molecule has 6 nitrogen and oxygen atoms in total. The third-order valence-electron chi connectivity index (χ3n) is 8.25. The molecule has 0 spiro atoms. The summed E-state index contributed by atoms with van der Waals surface area (Å²) >= 11 is 6.36. The van der Waals surface area contributed by atoms with Crippen LogP contribution in [0.25, 0.3) is 5.65 Å². The third kappa shape index (κ3) is 3.43. The molecule has 0 N–H and O–H groups in total. The van der Waals surface area contributed by atoms with Crippen molar-refractivity contribution in [3.05, 3.63) is 62.8 Å². The summed E-state index contributed by atoms with van der Waals surface area (Å²) in [7, 11) is 2.22. The molecule has 2 aromatic heterocycles. The van der Waals surface area contributed by atoms with Gasteiger partial charge in [-0.15, -0.1) is 0 Å². The molecule has 2 saturated heterocycles. The average molecular weight is 482 g/mol. The molecular formula is C26H29ClFN5O. The zero-order chi connectivity index (χ0) is 23.7. The van der Waals surface area contributed by atoms with Gasteiger partial charge in [-0.2, -0.15) is 5.10 Å². The minimum atomic E-state index is -0.281. The molecule has 0 radical (unpaired) electrons. The fraction of sp³-hybridized carbons (Fsp3) is 0.500. The topological polar surface area (TPSA) is 53.7 Å². The summed E-state index contributed by atoms with van der Waals surface area (Å²) in [6, 6.07) is 5.87. The van der Waals surface area contributed by atoms with E-state index >= 15 is 0 Å². The average Bonchev–Trinajstić information content (AvgIpc) is 3.41. The van der Waals surface area contributed by atoms with Crippen LogP contribution in [0.4, 0.5) is 4.39 Å². The lowest BCUT2D eigenvalue weighted by molar-refractivity contribution is 0.0747. The van der Waals surface area contributed by atoms with Crippen molar-refractivity contribution in [2.24, 2.45) is 5.92 Å². The Kier molecular flexibility index (Phi) is 5.19. The number of hydrogen-bond donors (Lipinski definition) is 0. The first kappa shape index (κ1) is 22.0. The lowest BCUT2D eigenvalue weighted by atomic mass is 9.84. The van der Waals surface area contributed by atoms with Gasteiger partial charge in [0.15, 0.2) is 5.65 Å². The van der Waals surface area contributed by atoms with E-state index < -0.39 is 0 Å². The SMILES string of the molecule is Cc1nc2c3c(nn2c(C)c1Cl)CN(C(=O)c1ccc(F)cc1CC1CC2CC[C@@H](C1)N2C)C3. The molecule has 2 unspecified atom stereocenters. The monoisotopic (exact) mass is 481 g/mol. The minimum Gasteiger partial charge on any atom is -0.328 e. The molecule has 3 aromatic rings. The second-order valence-corrected chi connectivity index (χ2v) is 10.7. The normalized spacial score (nSPS) is 24.3. The van der Waals surface area contributed by atoms with E-state index in [2.05, 4.69) is 16.9 Å². The summed E-state index contributed by atoms with van der Waals surface area (Å²) in [5.74, 6) is 0.142. The van der Waals surface area contributed by atoms with Crippen molar-refractivity contribution in [1.82, 2.24) is 24.4 Å². The highest BCUT2D eigenvalue weighted by Crippen LogP contribution is 2.39. The highest BCUT2D eigenvalue weighted by Gasteiger charge is 2.39. The number of halogens is 2. The van der Waals surface area contributed by atoms with Gasteiger partial charge >= 0.3 is 0 Å². The summed E-state index contributed by atoms with van der Waals surface area (Å²) in [6.45, 7) is 4.67. The molecule has 2 fully saturated rings. The molecule has 1 aromatic carbocycles. The standard InChI is InChI=1S/C26H29ClFN5O/c1-14-24(27)15(2)33-25(29-14)22-12-32(13-23(22)30-33)26(34)21-7-4-18(28)11-17(21)8-16-9-19-5-6-20(10-16)31(19)3/h4,7,11,16,19-20H,5-6,8-10,12-13H2,1-3H3/t16?,19-,20?/m0/s1. The Balaban J connectivity index is 1.26. The van der Waals surface area contributed by atoms with Crippen molar-refractivity contribution >= 4 is 23.2 Å². The van der Waals surface area contributed by atoms with Crippen LogP contribution in [0.15, 0.2) is 18.2 Å². The Bertz CT molecular complexity index is 1310. The van der Waals surface area contributed by atoms with Crippen LogP contribution < -0.4 is 0 Å². The predicted octanol–water partition coefficient (Wildman–Crippen LogP) is 4.71. The Hall–Kier alpha value is -2.51. The van der Waals surface area contributed by atoms with Crippen LogP contribution in [0.3, 0.4) is 0 Å². The highest BCUT2D eigenvalue weighted by atomic mass is 35.5. The Labute approximate surface area is 203 Å². The number of carbonyl (C=O) groups is 1. The maximum Gasteiger partial charge on any atom is 0.254 e. The van der Waals surface area contributed by atoms with Gasteiger partial charge in [-0.1, -0.05) is 11.6 Å². The first-order chi connectivity index (χ1) is 16.3. The molecule has 5 heterocycles. The van der Waals surface area contributed by atoms with E-state index in [1.165, 1.54) is 18.9 Å². The summed E-state index contributed by atoms with van der Waals surface area (Å²) in [5, 5.41) is 5.30. The molecule has 8 heteroatoms. The van der Waals surface area contributed by atoms with Gasteiger partial charge in [0, 0.05) is 23.2 Å². The number of hydrogen-bond acceptors (Lipinski definition) is 4. The minimum absolute atomic E-state index is 0.0653. The second-order valence-electron chi connectivity index (χ2n) is 10.3. The smallest absolute Gasteiger partial charge is 0.254 e. The van der Waals surface area contributed by atoms with Crippen molar-refractivity contribution in [2.75, 3.05) is 7.05 Å². The van der Waals surface area contributed by atoms with E-state index in [1.807, 2.05) is 13.8 Å². The Morgan fingerprint density at radius 1 is 1.18 bits per heavy atom. The molecule has 178 valence electrons. The predicted molar refractivity (Wildman–Crippen MR) is 128 cm³/mol. The van der Waals surface area contributed by atoms with Gasteiger partial charge < -0.3 is 9.80 Å². The van der Waals surface area contributed by atoms with Crippen LogP contribution in [-0.2, 0) is 19.5 Å². The molecule has 0 saturated carbocycles. The van der Waals surface area contributed by atoms with Gasteiger partial charge in [0.05, 0.1) is 35.2 Å². The number of nitrogens with zero attached hydrogens (tertiary/aromatic N) is 5. The van der Waals surface area contributed by atoms with Crippen LogP contribution in [0, 0.1) is 25.6 Å². The van der Waals surface area contributed by atoms with Crippen LogP contribution in [0.2, 0.25) is 5.02 Å². The summed E-state index contributed by atoms with van der Waals surface area (Å²) < 4.78 is 16.0. The van der Waals surface area contributed by atoms with Crippen molar-refractivity contribution in [3.63, 3.8) is 0 Å². The van der Waals surface area contributed by atoms with Crippen LogP contribution in [0.1, 0.15) is 64.2 Å². The van der Waals surface area contributed by atoms with Crippen molar-refractivity contribution in [3.8, 4) is 0 Å². The molecule has 34 heavy (non-hydrogen) atoms. The zero-order valence-corrected chi connectivity index (χ0v) is 20.6. The highest BCUT2D eigenvalue weighted by molar-refractivity contribution is 6.31. The largest absolute Gasteiger partial charge is 0.328 e. The van der Waals surface area contributed by atoms with Crippen molar-refractivity contribution < 1.29 is 9.18 Å². The van der Waals surface area contributed by atoms with Crippen LogP contribution in [-0.4, -0.2) is 49.4 Å². The fourth-order valence-electron chi connectivity index (χ4n) is 6.37. The van der Waals surface area contributed by atoms with E-state index in [0.717, 1.165) is 53.1 Å². The number of aryl methyl sites for hydroxylation is 2. The van der Waals surface area contributed by atoms with Crippen molar-refractivity contribution in [1.29, 1.82) is 0 Å². The van der Waals surface area contributed by atoms with Gasteiger partial charge in [-0.3, -0.25) is 4.79 Å².